The highest BCUT2D eigenvalue weighted by Gasteiger charge is 2.04. The Hall–Kier alpha value is -2.01. The molecular formula is C20H28IN7S. The molecule has 0 aromatic carbocycles. The number of hydrogen-bond acceptors (Lipinski definition) is 5. The molecule has 3 aromatic heterocycles. The number of guanidine groups is 1. The molecule has 0 spiro atoms. The Labute approximate surface area is 193 Å². The summed E-state index contributed by atoms with van der Waals surface area (Å²) in [6, 6.07) is 4.05. The van der Waals surface area contributed by atoms with Crippen molar-refractivity contribution < 1.29 is 0 Å². The third-order valence-electron chi connectivity index (χ3n) is 4.23. The Morgan fingerprint density at radius 3 is 2.62 bits per heavy atom. The van der Waals surface area contributed by atoms with Crippen LogP contribution in [0.5, 0.6) is 0 Å². The van der Waals surface area contributed by atoms with Gasteiger partial charge in [0.2, 0.25) is 0 Å². The van der Waals surface area contributed by atoms with Crippen LogP contribution in [-0.2, 0) is 19.4 Å². The van der Waals surface area contributed by atoms with E-state index < -0.39 is 0 Å². The van der Waals surface area contributed by atoms with Gasteiger partial charge in [0.05, 0.1) is 11.6 Å². The van der Waals surface area contributed by atoms with Crippen LogP contribution < -0.4 is 10.6 Å². The molecule has 0 unspecified atom stereocenters. The van der Waals surface area contributed by atoms with Gasteiger partial charge in [-0.2, -0.15) is 0 Å². The molecule has 0 aliphatic rings. The molecule has 3 aromatic rings. The molecule has 0 fully saturated rings. The van der Waals surface area contributed by atoms with Crippen molar-refractivity contribution in [1.82, 2.24) is 30.2 Å². The summed E-state index contributed by atoms with van der Waals surface area (Å²) in [5.74, 6) is 2.59. The van der Waals surface area contributed by atoms with Crippen LogP contribution in [0.25, 0.3) is 5.82 Å². The standard InChI is InChI=1S/C20H27N7S.HI/c1-4-17-14-25-19(28-17)8-9-23-20(21-5-2)26-13-16-6-7-18(24-12-16)27-11-10-22-15(27)3;/h6-7,10-12,14H,4-5,8-9,13H2,1-3H3,(H2,21,23,26);1H. The van der Waals surface area contributed by atoms with Gasteiger partial charge in [0, 0.05) is 49.2 Å². The molecule has 3 heterocycles. The molecule has 0 aliphatic heterocycles. The van der Waals surface area contributed by atoms with Crippen molar-refractivity contribution in [2.24, 2.45) is 4.99 Å². The average Bonchev–Trinajstić information content (AvgIpc) is 3.35. The van der Waals surface area contributed by atoms with Gasteiger partial charge in [0.1, 0.15) is 11.6 Å². The maximum absolute atomic E-state index is 4.66. The highest BCUT2D eigenvalue weighted by Crippen LogP contribution is 2.13. The number of pyridine rings is 1. The first-order valence-corrected chi connectivity index (χ1v) is 10.4. The second-order valence-corrected chi connectivity index (χ2v) is 7.51. The molecule has 0 aliphatic carbocycles. The monoisotopic (exact) mass is 525 g/mol. The summed E-state index contributed by atoms with van der Waals surface area (Å²) in [6.45, 7) is 8.38. The number of hydrogen-bond donors (Lipinski definition) is 2. The number of imidazole rings is 1. The van der Waals surface area contributed by atoms with Crippen LogP contribution in [-0.4, -0.2) is 38.6 Å². The quantitative estimate of drug-likeness (QED) is 0.267. The fourth-order valence-electron chi connectivity index (χ4n) is 2.70. The first-order valence-electron chi connectivity index (χ1n) is 9.60. The summed E-state index contributed by atoms with van der Waals surface area (Å²) in [7, 11) is 0. The number of rotatable bonds is 8. The molecule has 29 heavy (non-hydrogen) atoms. The highest BCUT2D eigenvalue weighted by atomic mass is 127. The van der Waals surface area contributed by atoms with Gasteiger partial charge in [-0.1, -0.05) is 13.0 Å². The zero-order valence-electron chi connectivity index (χ0n) is 17.1. The van der Waals surface area contributed by atoms with Gasteiger partial charge in [0.15, 0.2) is 5.96 Å². The van der Waals surface area contributed by atoms with Crippen molar-refractivity contribution in [3.05, 3.63) is 58.2 Å². The van der Waals surface area contributed by atoms with Crippen LogP contribution >= 0.6 is 35.3 Å². The minimum Gasteiger partial charge on any atom is -0.357 e. The minimum atomic E-state index is 0. The van der Waals surface area contributed by atoms with E-state index >= 15 is 0 Å². The van der Waals surface area contributed by atoms with Gasteiger partial charge in [-0.25, -0.2) is 19.9 Å². The number of nitrogens with zero attached hydrogens (tertiary/aromatic N) is 5. The van der Waals surface area contributed by atoms with E-state index in [-0.39, 0.29) is 24.0 Å². The zero-order valence-corrected chi connectivity index (χ0v) is 20.2. The average molecular weight is 525 g/mol. The Morgan fingerprint density at radius 2 is 2.00 bits per heavy atom. The third-order valence-corrected chi connectivity index (χ3v) is 5.43. The number of aryl methyl sites for hydroxylation is 2. The number of nitrogens with one attached hydrogen (secondary N) is 2. The van der Waals surface area contributed by atoms with Crippen LogP contribution in [0.3, 0.4) is 0 Å². The lowest BCUT2D eigenvalue weighted by atomic mass is 10.3. The largest absolute Gasteiger partial charge is 0.357 e. The van der Waals surface area contributed by atoms with Gasteiger partial charge in [-0.15, -0.1) is 35.3 Å². The van der Waals surface area contributed by atoms with Crippen molar-refractivity contribution in [3.8, 4) is 5.82 Å². The maximum atomic E-state index is 4.66. The van der Waals surface area contributed by atoms with E-state index in [2.05, 4.69) is 50.5 Å². The van der Waals surface area contributed by atoms with Crippen LogP contribution in [0.1, 0.15) is 35.1 Å². The Balaban J connectivity index is 0.00000300. The minimum absolute atomic E-state index is 0. The first-order chi connectivity index (χ1) is 13.7. The lowest BCUT2D eigenvalue weighted by Gasteiger charge is -2.11. The van der Waals surface area contributed by atoms with Crippen molar-refractivity contribution in [1.29, 1.82) is 0 Å². The van der Waals surface area contributed by atoms with Crippen LogP contribution in [0, 0.1) is 6.92 Å². The van der Waals surface area contributed by atoms with Gasteiger partial charge >= 0.3 is 0 Å². The highest BCUT2D eigenvalue weighted by molar-refractivity contribution is 14.0. The lowest BCUT2D eigenvalue weighted by molar-refractivity contribution is 0.796. The molecule has 0 bridgehead atoms. The maximum Gasteiger partial charge on any atom is 0.191 e. The molecule has 0 amide bonds. The van der Waals surface area contributed by atoms with E-state index in [1.807, 2.05) is 36.1 Å². The van der Waals surface area contributed by atoms with E-state index in [0.29, 0.717) is 6.54 Å². The van der Waals surface area contributed by atoms with E-state index in [4.69, 9.17) is 0 Å². The Morgan fingerprint density at radius 1 is 1.14 bits per heavy atom. The molecule has 0 atom stereocenters. The lowest BCUT2D eigenvalue weighted by Crippen LogP contribution is -2.38. The summed E-state index contributed by atoms with van der Waals surface area (Å²) in [4.78, 5) is 19.2. The topological polar surface area (TPSA) is 80.0 Å². The Bertz CT molecular complexity index is 902. The SMILES string of the molecule is CCNC(=NCc1ccc(-n2ccnc2C)nc1)NCCc1ncc(CC)s1.I. The van der Waals surface area contributed by atoms with E-state index in [1.54, 1.807) is 17.5 Å². The van der Waals surface area contributed by atoms with Crippen LogP contribution in [0.15, 0.2) is 41.9 Å². The van der Waals surface area contributed by atoms with Crippen molar-refractivity contribution in [2.75, 3.05) is 13.1 Å². The van der Waals surface area contributed by atoms with Crippen LogP contribution in [0.4, 0.5) is 0 Å². The predicted molar refractivity (Wildman–Crippen MR) is 130 cm³/mol. The fourth-order valence-corrected chi connectivity index (χ4v) is 3.56. The number of halogens is 1. The molecule has 9 heteroatoms. The molecule has 156 valence electrons. The van der Waals surface area contributed by atoms with Gasteiger partial charge in [-0.3, -0.25) is 4.57 Å². The summed E-state index contributed by atoms with van der Waals surface area (Å²) in [6.07, 6.45) is 9.47. The second-order valence-electron chi connectivity index (χ2n) is 6.31. The normalized spacial score (nSPS) is 11.2. The summed E-state index contributed by atoms with van der Waals surface area (Å²) in [5, 5.41) is 7.83. The van der Waals surface area contributed by atoms with E-state index in [1.165, 1.54) is 4.88 Å². The van der Waals surface area contributed by atoms with Crippen LogP contribution in [0.2, 0.25) is 0 Å². The second kappa shape index (κ2) is 11.9. The molecule has 0 saturated heterocycles. The third kappa shape index (κ3) is 6.77. The first kappa shape index (κ1) is 23.3. The molecular weight excluding hydrogens is 497 g/mol. The fraction of sp³-hybridized carbons (Fsp3) is 0.400. The predicted octanol–water partition coefficient (Wildman–Crippen LogP) is 3.51. The molecule has 3 rings (SSSR count). The molecule has 2 N–H and O–H groups in total. The van der Waals surface area contributed by atoms with Crippen molar-refractivity contribution in [3.63, 3.8) is 0 Å². The summed E-state index contributed by atoms with van der Waals surface area (Å²) < 4.78 is 1.96. The molecule has 7 nitrogen and oxygen atoms in total. The van der Waals surface area contributed by atoms with Gasteiger partial charge < -0.3 is 10.6 Å². The molecule has 0 saturated carbocycles. The number of aliphatic imine (C=N–C) groups is 1. The van der Waals surface area contributed by atoms with Gasteiger partial charge in [0.25, 0.3) is 0 Å². The van der Waals surface area contributed by atoms with E-state index in [0.717, 1.165) is 54.1 Å². The Kier molecular flexibility index (Phi) is 9.52. The van der Waals surface area contributed by atoms with Gasteiger partial charge in [-0.05, 0) is 31.9 Å². The number of aromatic nitrogens is 4. The van der Waals surface area contributed by atoms with Crippen molar-refractivity contribution in [2.45, 2.75) is 40.2 Å². The summed E-state index contributed by atoms with van der Waals surface area (Å²) in [5.41, 5.74) is 1.06. The van der Waals surface area contributed by atoms with Crippen molar-refractivity contribution >= 4 is 41.3 Å². The van der Waals surface area contributed by atoms with E-state index in [9.17, 15) is 0 Å². The smallest absolute Gasteiger partial charge is 0.191 e. The zero-order chi connectivity index (χ0) is 19.8. The summed E-state index contributed by atoms with van der Waals surface area (Å²) >= 11 is 1.78. The molecule has 0 radical (unpaired) electrons. The number of thiazole rings is 1.